The first-order valence-corrected chi connectivity index (χ1v) is 9.16. The van der Waals surface area contributed by atoms with Crippen LogP contribution in [0.5, 0.6) is 0 Å². The molecule has 0 N–H and O–H groups in total. The molecule has 2 rings (SSSR count). The first-order valence-electron chi connectivity index (χ1n) is 7.62. The van der Waals surface area contributed by atoms with Crippen molar-refractivity contribution in [3.05, 3.63) is 35.3 Å². The number of aryl methyl sites for hydroxylation is 1. The number of aromatic nitrogens is 1. The van der Waals surface area contributed by atoms with Gasteiger partial charge in [0.25, 0.3) is 11.9 Å². The lowest BCUT2D eigenvalue weighted by atomic mass is 10.1. The number of hydrogen-bond acceptors (Lipinski definition) is 4. The Morgan fingerprint density at radius 1 is 0.968 bits per heavy atom. The predicted molar refractivity (Wildman–Crippen MR) is 79.6 cm³/mol. The SMILES string of the molecule is Cc1cc(F)c(-c2cc(C(F)(F)C(F)(F)C(F)(F)F)on2)cc1S(=O)(=O)C(F)C(F)F. The number of halogens is 11. The van der Waals surface area contributed by atoms with E-state index in [1.165, 1.54) is 0 Å². The number of sulfone groups is 1. The molecule has 0 amide bonds. The molecule has 2 aromatic rings. The molecule has 1 heterocycles. The molecule has 0 aliphatic rings. The minimum absolute atomic E-state index is 0.177. The molecular weight excluding hydrogens is 483 g/mol. The molecule has 4 nitrogen and oxygen atoms in total. The van der Waals surface area contributed by atoms with Gasteiger partial charge in [0.1, 0.15) is 11.5 Å². The highest BCUT2D eigenvalue weighted by molar-refractivity contribution is 7.92. The Kier molecular flexibility index (Phi) is 6.12. The van der Waals surface area contributed by atoms with Crippen molar-refractivity contribution in [3.63, 3.8) is 0 Å². The first-order chi connectivity index (χ1) is 13.9. The zero-order chi connectivity index (χ0) is 24.2. The molecule has 0 aliphatic heterocycles. The summed E-state index contributed by atoms with van der Waals surface area (Å²) in [6, 6.07) is 0.289. The second-order valence-corrected chi connectivity index (χ2v) is 8.03. The lowest BCUT2D eigenvalue weighted by molar-refractivity contribution is -0.363. The Hall–Kier alpha value is -2.39. The zero-order valence-corrected chi connectivity index (χ0v) is 15.4. The van der Waals surface area contributed by atoms with Gasteiger partial charge in [-0.1, -0.05) is 5.16 Å². The van der Waals surface area contributed by atoms with Crippen LogP contribution in [0.2, 0.25) is 0 Å². The van der Waals surface area contributed by atoms with Crippen LogP contribution in [0.15, 0.2) is 27.6 Å². The fourth-order valence-electron chi connectivity index (χ4n) is 2.30. The molecule has 1 unspecified atom stereocenters. The van der Waals surface area contributed by atoms with Gasteiger partial charge in [-0.2, -0.15) is 30.7 Å². The van der Waals surface area contributed by atoms with Crippen LogP contribution in [0.25, 0.3) is 11.3 Å². The summed E-state index contributed by atoms with van der Waals surface area (Å²) >= 11 is 0. The van der Waals surface area contributed by atoms with E-state index in [1.54, 1.807) is 0 Å². The van der Waals surface area contributed by atoms with E-state index < -0.39 is 73.1 Å². The van der Waals surface area contributed by atoms with Crippen molar-refractivity contribution in [1.29, 1.82) is 0 Å². The Morgan fingerprint density at radius 3 is 2.00 bits per heavy atom. The zero-order valence-electron chi connectivity index (χ0n) is 14.6. The van der Waals surface area contributed by atoms with E-state index in [0.29, 0.717) is 6.07 Å². The quantitative estimate of drug-likeness (QED) is 0.401. The molecule has 0 radical (unpaired) electrons. The van der Waals surface area contributed by atoms with E-state index in [1.807, 2.05) is 0 Å². The molecule has 1 atom stereocenters. The maximum absolute atomic E-state index is 14.2. The number of nitrogens with zero attached hydrogens (tertiary/aromatic N) is 1. The van der Waals surface area contributed by atoms with Crippen LogP contribution in [0, 0.1) is 12.7 Å². The second kappa shape index (κ2) is 7.63. The van der Waals surface area contributed by atoms with Gasteiger partial charge in [-0.05, 0) is 24.6 Å². The van der Waals surface area contributed by atoms with Crippen molar-refractivity contribution in [3.8, 4) is 11.3 Å². The topological polar surface area (TPSA) is 60.2 Å². The standard InChI is InChI=1S/C15H8F11NO3S/c1-5-2-7(16)6(3-9(5)31(28,29)12(19)11(17)18)8-4-10(30-27-8)13(20,21)14(22,23)15(24,25)26/h2-4,11-12H,1H3. The molecular formula is C15H8F11NO3S. The Balaban J connectivity index is 2.62. The normalized spacial score (nSPS) is 14.9. The highest BCUT2D eigenvalue weighted by atomic mass is 32.2. The number of benzene rings is 1. The fourth-order valence-corrected chi connectivity index (χ4v) is 3.60. The smallest absolute Gasteiger partial charge is 0.354 e. The van der Waals surface area contributed by atoms with Crippen LogP contribution < -0.4 is 0 Å². The van der Waals surface area contributed by atoms with Crippen LogP contribution >= 0.6 is 0 Å². The summed E-state index contributed by atoms with van der Waals surface area (Å²) in [7, 11) is -5.44. The largest absolute Gasteiger partial charge is 0.460 e. The Morgan fingerprint density at radius 2 is 1.52 bits per heavy atom. The van der Waals surface area contributed by atoms with E-state index in [0.717, 1.165) is 6.92 Å². The van der Waals surface area contributed by atoms with E-state index >= 15 is 0 Å². The third kappa shape index (κ3) is 4.08. The van der Waals surface area contributed by atoms with Gasteiger partial charge in [-0.15, -0.1) is 0 Å². The van der Waals surface area contributed by atoms with Crippen LogP contribution in [0.3, 0.4) is 0 Å². The summed E-state index contributed by atoms with van der Waals surface area (Å²) in [6.07, 6.45) is -10.7. The lowest BCUT2D eigenvalue weighted by Gasteiger charge is -2.25. The molecule has 0 spiro atoms. The second-order valence-electron chi connectivity index (χ2n) is 6.05. The molecule has 16 heteroatoms. The number of hydrogen-bond donors (Lipinski definition) is 0. The van der Waals surface area contributed by atoms with Crippen molar-refractivity contribution in [2.75, 3.05) is 0 Å². The van der Waals surface area contributed by atoms with Gasteiger partial charge in [-0.3, -0.25) is 0 Å². The summed E-state index contributed by atoms with van der Waals surface area (Å²) in [6.45, 7) is 0.865. The van der Waals surface area contributed by atoms with Gasteiger partial charge >= 0.3 is 18.0 Å². The first kappa shape index (κ1) is 24.9. The van der Waals surface area contributed by atoms with Gasteiger partial charge in [-0.25, -0.2) is 26.0 Å². The van der Waals surface area contributed by atoms with E-state index in [4.69, 9.17) is 0 Å². The average Bonchev–Trinajstić information content (AvgIpc) is 3.10. The van der Waals surface area contributed by atoms with Gasteiger partial charge in [0.2, 0.25) is 15.6 Å². The predicted octanol–water partition coefficient (Wildman–Crippen LogP) is 5.41. The van der Waals surface area contributed by atoms with Gasteiger partial charge in [0.15, 0.2) is 0 Å². The summed E-state index contributed by atoms with van der Waals surface area (Å²) in [4.78, 5) is -1.23. The van der Waals surface area contributed by atoms with E-state index in [9.17, 15) is 56.7 Å². The van der Waals surface area contributed by atoms with Crippen molar-refractivity contribution in [1.82, 2.24) is 5.16 Å². The molecule has 1 aromatic carbocycles. The molecule has 0 bridgehead atoms. The van der Waals surface area contributed by atoms with E-state index in [-0.39, 0.29) is 12.1 Å². The summed E-state index contributed by atoms with van der Waals surface area (Å²) in [5.41, 5.74) is -6.67. The monoisotopic (exact) mass is 491 g/mol. The van der Waals surface area contributed by atoms with Crippen LogP contribution in [0.4, 0.5) is 48.3 Å². The average molecular weight is 491 g/mol. The third-order valence-corrected chi connectivity index (χ3v) is 5.76. The van der Waals surface area contributed by atoms with E-state index in [2.05, 4.69) is 9.68 Å². The van der Waals surface area contributed by atoms with Crippen LogP contribution in [0.1, 0.15) is 11.3 Å². The van der Waals surface area contributed by atoms with Gasteiger partial charge < -0.3 is 4.52 Å². The highest BCUT2D eigenvalue weighted by Gasteiger charge is 2.75. The molecule has 1 aromatic heterocycles. The molecule has 31 heavy (non-hydrogen) atoms. The van der Waals surface area contributed by atoms with Gasteiger partial charge in [0, 0.05) is 11.6 Å². The fraction of sp³-hybridized carbons (Fsp3) is 0.400. The lowest BCUT2D eigenvalue weighted by Crippen LogP contribution is -2.49. The molecule has 174 valence electrons. The summed E-state index contributed by atoms with van der Waals surface area (Å²) < 4.78 is 171. The van der Waals surface area contributed by atoms with Crippen molar-refractivity contribution >= 4 is 9.84 Å². The Labute approximate surface area is 165 Å². The maximum Gasteiger partial charge on any atom is 0.460 e. The van der Waals surface area contributed by atoms with Crippen LogP contribution in [-0.4, -0.2) is 37.6 Å². The number of alkyl halides is 10. The summed E-state index contributed by atoms with van der Waals surface area (Å²) in [5, 5.41) is 2.71. The third-order valence-electron chi connectivity index (χ3n) is 3.91. The van der Waals surface area contributed by atoms with Crippen molar-refractivity contribution in [2.45, 2.75) is 41.8 Å². The summed E-state index contributed by atoms with van der Waals surface area (Å²) in [5.74, 6) is -16.5. The number of rotatable bonds is 6. The highest BCUT2D eigenvalue weighted by Crippen LogP contribution is 2.52. The minimum Gasteiger partial charge on any atom is -0.354 e. The van der Waals surface area contributed by atoms with Crippen molar-refractivity contribution in [2.24, 2.45) is 0 Å². The van der Waals surface area contributed by atoms with Crippen LogP contribution in [-0.2, 0) is 15.8 Å². The maximum atomic E-state index is 14.2. The van der Waals surface area contributed by atoms with Crippen molar-refractivity contribution < 1.29 is 61.2 Å². The van der Waals surface area contributed by atoms with Gasteiger partial charge in [0.05, 0.1) is 4.90 Å². The molecule has 0 fully saturated rings. The Bertz CT molecular complexity index is 1080. The molecule has 0 aliphatic carbocycles. The molecule has 0 saturated carbocycles. The minimum atomic E-state index is -6.72. The molecule has 0 saturated heterocycles.